The minimum absolute atomic E-state index is 0.121. The topological polar surface area (TPSA) is 73.0 Å². The van der Waals surface area contributed by atoms with Crippen LogP contribution in [0.5, 0.6) is 0 Å². The first-order valence-corrected chi connectivity index (χ1v) is 11.2. The number of furan rings is 1. The summed E-state index contributed by atoms with van der Waals surface area (Å²) in [5.74, 6) is 1.27. The lowest BCUT2D eigenvalue weighted by atomic mass is 10.2. The molecule has 2 heterocycles. The molecule has 0 bridgehead atoms. The average molecular weight is 494 g/mol. The van der Waals surface area contributed by atoms with Crippen molar-refractivity contribution in [3.8, 4) is 11.4 Å². The number of amides is 1. The number of nitrogens with one attached hydrogen (secondary N) is 1. The first-order chi connectivity index (χ1) is 15.0. The van der Waals surface area contributed by atoms with E-state index in [1.54, 1.807) is 30.5 Å². The van der Waals surface area contributed by atoms with E-state index >= 15 is 0 Å². The van der Waals surface area contributed by atoms with Crippen molar-refractivity contribution >= 4 is 58.2 Å². The number of carbonyl (C=O) groups excluding carboxylic acids is 1. The molecule has 2 aromatic carbocycles. The van der Waals surface area contributed by atoms with Crippen LogP contribution in [-0.2, 0) is 11.3 Å². The van der Waals surface area contributed by atoms with Gasteiger partial charge in [-0.05, 0) is 42.5 Å². The van der Waals surface area contributed by atoms with Crippen LogP contribution in [0.3, 0.4) is 0 Å². The highest BCUT2D eigenvalue weighted by Gasteiger charge is 2.17. The molecular formula is C21H15Cl3N4O2S. The molecule has 0 aliphatic carbocycles. The molecular weight excluding hydrogens is 479 g/mol. The van der Waals surface area contributed by atoms with Gasteiger partial charge in [-0.2, -0.15) is 0 Å². The highest BCUT2D eigenvalue weighted by Crippen LogP contribution is 2.27. The van der Waals surface area contributed by atoms with E-state index in [4.69, 9.17) is 39.2 Å². The van der Waals surface area contributed by atoms with E-state index in [-0.39, 0.29) is 11.7 Å². The van der Waals surface area contributed by atoms with Crippen molar-refractivity contribution in [1.29, 1.82) is 0 Å². The van der Waals surface area contributed by atoms with Crippen molar-refractivity contribution < 1.29 is 9.21 Å². The van der Waals surface area contributed by atoms with Crippen LogP contribution in [0, 0.1) is 0 Å². The normalized spacial score (nSPS) is 10.9. The van der Waals surface area contributed by atoms with Crippen LogP contribution in [0.25, 0.3) is 11.4 Å². The van der Waals surface area contributed by atoms with Crippen LogP contribution in [-0.4, -0.2) is 26.4 Å². The fraction of sp³-hybridized carbons (Fsp3) is 0.0952. The standard InChI is InChI=1S/C21H15Cl3N4O2S/c22-14-4-1-3-13(7-14)20-26-27-21(28(20)11-18-5-2-6-30-18)31-12-19(29)25-17-9-15(23)8-16(24)10-17/h1-10H,11-12H2,(H,25,29). The predicted octanol–water partition coefficient (Wildman–Crippen LogP) is 6.28. The Kier molecular flexibility index (Phi) is 6.87. The number of benzene rings is 2. The second-order valence-corrected chi connectivity index (χ2v) is 8.73. The lowest BCUT2D eigenvalue weighted by Crippen LogP contribution is -2.14. The summed E-state index contributed by atoms with van der Waals surface area (Å²) in [6, 6.07) is 15.9. The molecule has 0 saturated heterocycles. The second kappa shape index (κ2) is 9.78. The van der Waals surface area contributed by atoms with E-state index < -0.39 is 0 Å². The largest absolute Gasteiger partial charge is 0.467 e. The maximum absolute atomic E-state index is 12.4. The fourth-order valence-electron chi connectivity index (χ4n) is 2.89. The van der Waals surface area contributed by atoms with Gasteiger partial charge in [0.1, 0.15) is 5.76 Å². The van der Waals surface area contributed by atoms with E-state index in [1.807, 2.05) is 34.9 Å². The quantitative estimate of drug-likeness (QED) is 0.307. The van der Waals surface area contributed by atoms with Crippen LogP contribution in [0.2, 0.25) is 15.1 Å². The number of thioether (sulfide) groups is 1. The van der Waals surface area contributed by atoms with E-state index in [0.29, 0.717) is 38.3 Å². The minimum atomic E-state index is -0.222. The summed E-state index contributed by atoms with van der Waals surface area (Å²) < 4.78 is 7.38. The fourth-order valence-corrected chi connectivity index (χ4v) is 4.34. The van der Waals surface area contributed by atoms with Gasteiger partial charge < -0.3 is 9.73 Å². The molecule has 31 heavy (non-hydrogen) atoms. The first-order valence-electron chi connectivity index (χ1n) is 9.08. The highest BCUT2D eigenvalue weighted by atomic mass is 35.5. The Balaban J connectivity index is 1.54. The molecule has 4 aromatic rings. The molecule has 0 unspecified atom stereocenters. The maximum atomic E-state index is 12.4. The smallest absolute Gasteiger partial charge is 0.234 e. The third-order valence-corrected chi connectivity index (χ3v) is 5.81. The summed E-state index contributed by atoms with van der Waals surface area (Å²) in [5, 5.41) is 13.4. The molecule has 0 spiro atoms. The van der Waals surface area contributed by atoms with Gasteiger partial charge in [-0.3, -0.25) is 9.36 Å². The van der Waals surface area contributed by atoms with Crippen LogP contribution in [0.1, 0.15) is 5.76 Å². The molecule has 10 heteroatoms. The Bertz CT molecular complexity index is 1190. The van der Waals surface area contributed by atoms with Gasteiger partial charge in [-0.1, -0.05) is 58.7 Å². The molecule has 0 saturated carbocycles. The van der Waals surface area contributed by atoms with Gasteiger partial charge in [0, 0.05) is 26.3 Å². The molecule has 0 radical (unpaired) electrons. The molecule has 0 fully saturated rings. The highest BCUT2D eigenvalue weighted by molar-refractivity contribution is 7.99. The number of anilines is 1. The molecule has 6 nitrogen and oxygen atoms in total. The molecule has 0 aliphatic rings. The lowest BCUT2D eigenvalue weighted by molar-refractivity contribution is -0.113. The number of halogens is 3. The zero-order valence-electron chi connectivity index (χ0n) is 15.9. The van der Waals surface area contributed by atoms with E-state index in [0.717, 1.165) is 11.3 Å². The zero-order chi connectivity index (χ0) is 21.8. The molecule has 0 atom stereocenters. The third kappa shape index (κ3) is 5.62. The Labute approximate surface area is 197 Å². The summed E-state index contributed by atoms with van der Waals surface area (Å²) in [6.07, 6.45) is 1.61. The molecule has 1 N–H and O–H groups in total. The van der Waals surface area contributed by atoms with Gasteiger partial charge in [0.15, 0.2) is 11.0 Å². The van der Waals surface area contributed by atoms with Crippen molar-refractivity contribution in [2.24, 2.45) is 0 Å². The van der Waals surface area contributed by atoms with E-state index in [2.05, 4.69) is 15.5 Å². The van der Waals surface area contributed by atoms with E-state index in [1.165, 1.54) is 11.8 Å². The van der Waals surface area contributed by atoms with Crippen molar-refractivity contribution in [3.05, 3.63) is 81.7 Å². The Hall–Kier alpha value is -2.45. The SMILES string of the molecule is O=C(CSc1nnc(-c2cccc(Cl)c2)n1Cc1ccco1)Nc1cc(Cl)cc(Cl)c1. The predicted molar refractivity (Wildman–Crippen MR) is 124 cm³/mol. The van der Waals surface area contributed by atoms with Crippen LogP contribution in [0.4, 0.5) is 5.69 Å². The Morgan fingerprint density at radius 1 is 1.00 bits per heavy atom. The summed E-state index contributed by atoms with van der Waals surface area (Å²) in [4.78, 5) is 12.4. The van der Waals surface area contributed by atoms with Gasteiger partial charge in [0.25, 0.3) is 0 Å². The molecule has 0 aliphatic heterocycles. The van der Waals surface area contributed by atoms with Crippen molar-refractivity contribution in [2.45, 2.75) is 11.7 Å². The number of hydrogen-bond donors (Lipinski definition) is 1. The monoisotopic (exact) mass is 492 g/mol. The molecule has 158 valence electrons. The number of aromatic nitrogens is 3. The Morgan fingerprint density at radius 3 is 2.52 bits per heavy atom. The van der Waals surface area contributed by atoms with Crippen LogP contribution >= 0.6 is 46.6 Å². The summed E-state index contributed by atoms with van der Waals surface area (Å²) in [7, 11) is 0. The zero-order valence-corrected chi connectivity index (χ0v) is 19.0. The summed E-state index contributed by atoms with van der Waals surface area (Å²) >= 11 is 19.4. The second-order valence-electron chi connectivity index (χ2n) is 6.48. The first kappa shape index (κ1) is 21.8. The van der Waals surface area contributed by atoms with E-state index in [9.17, 15) is 4.79 Å². The molecule has 1 amide bonds. The van der Waals surface area contributed by atoms with Crippen molar-refractivity contribution in [2.75, 3.05) is 11.1 Å². The molecule has 4 rings (SSSR count). The maximum Gasteiger partial charge on any atom is 0.234 e. The van der Waals surface area contributed by atoms with Crippen LogP contribution in [0.15, 0.2) is 70.4 Å². The summed E-state index contributed by atoms with van der Waals surface area (Å²) in [6.45, 7) is 0.412. The van der Waals surface area contributed by atoms with Crippen LogP contribution < -0.4 is 5.32 Å². The van der Waals surface area contributed by atoms with Gasteiger partial charge in [0.05, 0.1) is 18.6 Å². The Morgan fingerprint density at radius 2 is 1.81 bits per heavy atom. The summed E-state index contributed by atoms with van der Waals surface area (Å²) in [5.41, 5.74) is 1.34. The minimum Gasteiger partial charge on any atom is -0.467 e. The number of hydrogen-bond acceptors (Lipinski definition) is 5. The number of nitrogens with zero attached hydrogens (tertiary/aromatic N) is 3. The van der Waals surface area contributed by atoms with Gasteiger partial charge in [-0.25, -0.2) is 0 Å². The molecule has 2 aromatic heterocycles. The number of rotatable bonds is 7. The van der Waals surface area contributed by atoms with Crippen molar-refractivity contribution in [3.63, 3.8) is 0 Å². The van der Waals surface area contributed by atoms with Gasteiger partial charge >= 0.3 is 0 Å². The van der Waals surface area contributed by atoms with Gasteiger partial charge in [0.2, 0.25) is 5.91 Å². The lowest BCUT2D eigenvalue weighted by Gasteiger charge is -2.10. The van der Waals surface area contributed by atoms with Gasteiger partial charge in [-0.15, -0.1) is 10.2 Å². The van der Waals surface area contributed by atoms with Crippen molar-refractivity contribution in [1.82, 2.24) is 14.8 Å². The third-order valence-electron chi connectivity index (χ3n) is 4.17. The number of carbonyl (C=O) groups is 1. The average Bonchev–Trinajstić information content (AvgIpc) is 3.36.